The molecule has 3 rings (SSSR count). The van der Waals surface area contributed by atoms with E-state index in [-0.39, 0.29) is 5.56 Å². The van der Waals surface area contributed by atoms with Gasteiger partial charge in [-0.25, -0.2) is 4.79 Å². The van der Waals surface area contributed by atoms with Crippen LogP contribution in [-0.2, 0) is 0 Å². The number of benzene rings is 3. The molecule has 0 bridgehead atoms. The summed E-state index contributed by atoms with van der Waals surface area (Å²) < 4.78 is 6.33. The number of esters is 1. The lowest BCUT2D eigenvalue weighted by atomic mass is 10.2. The number of nitrogens with one attached hydrogen (secondary N) is 2. The third-order valence-electron chi connectivity index (χ3n) is 3.91. The molecule has 3 aromatic rings. The van der Waals surface area contributed by atoms with Crippen LogP contribution in [0.25, 0.3) is 0 Å². The first-order valence-corrected chi connectivity index (χ1v) is 10.4. The minimum atomic E-state index is -0.554. The van der Waals surface area contributed by atoms with E-state index in [9.17, 15) is 4.79 Å². The van der Waals surface area contributed by atoms with Gasteiger partial charge in [0.25, 0.3) is 0 Å². The summed E-state index contributed by atoms with van der Waals surface area (Å²) in [5, 5.41) is 7.85. The second-order valence-corrected chi connectivity index (χ2v) is 7.98. The lowest BCUT2D eigenvalue weighted by Gasteiger charge is -2.10. The summed E-state index contributed by atoms with van der Waals surface area (Å²) in [6, 6.07) is 19.7. The number of carbonyl (C=O) groups is 1. The Balaban J connectivity index is 1.69. The van der Waals surface area contributed by atoms with Gasteiger partial charge in [0.2, 0.25) is 0 Å². The molecular weight excluding hydrogens is 486 g/mol. The highest BCUT2D eigenvalue weighted by Gasteiger charge is 2.14. The number of halogens is 2. The van der Waals surface area contributed by atoms with Crippen LogP contribution < -0.4 is 15.5 Å². The first-order chi connectivity index (χ1) is 14.4. The molecule has 0 aliphatic heterocycles. The van der Waals surface area contributed by atoms with E-state index in [4.69, 9.17) is 28.6 Å². The van der Waals surface area contributed by atoms with Gasteiger partial charge in [0.05, 0.1) is 16.8 Å². The molecule has 0 atom stereocenters. The standard InChI is InChI=1S/C22H17BrClN3O2S/c1-14-5-4-6-17(11-14)26-22(30)27-25-13-15-12-16(23)9-10-20(15)29-21(28)18-7-2-3-8-19(18)24/h2-13H,1H3,(H2,26,27,30). The summed E-state index contributed by atoms with van der Waals surface area (Å²) >= 11 is 14.7. The van der Waals surface area contributed by atoms with E-state index in [1.54, 1.807) is 42.5 Å². The van der Waals surface area contributed by atoms with Crippen molar-refractivity contribution in [3.8, 4) is 5.75 Å². The summed E-state index contributed by atoms with van der Waals surface area (Å²) in [7, 11) is 0. The highest BCUT2D eigenvalue weighted by Crippen LogP contribution is 2.24. The topological polar surface area (TPSA) is 62.7 Å². The first kappa shape index (κ1) is 22.0. The van der Waals surface area contributed by atoms with Crippen molar-refractivity contribution in [1.82, 2.24) is 5.43 Å². The number of hydrogen-bond donors (Lipinski definition) is 2. The molecule has 0 spiro atoms. The van der Waals surface area contributed by atoms with Crippen molar-refractivity contribution in [2.24, 2.45) is 5.10 Å². The van der Waals surface area contributed by atoms with E-state index < -0.39 is 5.97 Å². The molecule has 0 amide bonds. The number of thiocarbonyl (C=S) groups is 1. The van der Waals surface area contributed by atoms with Crippen LogP contribution in [0.1, 0.15) is 21.5 Å². The van der Waals surface area contributed by atoms with E-state index in [0.717, 1.165) is 15.7 Å². The van der Waals surface area contributed by atoms with Gasteiger partial charge in [-0.05, 0) is 67.2 Å². The zero-order valence-electron chi connectivity index (χ0n) is 15.9. The lowest BCUT2D eigenvalue weighted by molar-refractivity contribution is 0.0734. The average molecular weight is 503 g/mol. The summed E-state index contributed by atoms with van der Waals surface area (Å²) in [6.45, 7) is 2.00. The minimum absolute atomic E-state index is 0.284. The number of rotatable bonds is 5. The average Bonchev–Trinajstić information content (AvgIpc) is 2.70. The second kappa shape index (κ2) is 10.3. The molecule has 0 radical (unpaired) electrons. The zero-order valence-corrected chi connectivity index (χ0v) is 19.0. The van der Waals surface area contributed by atoms with Gasteiger partial charge in [0.1, 0.15) is 5.75 Å². The van der Waals surface area contributed by atoms with E-state index in [1.807, 2.05) is 31.2 Å². The lowest BCUT2D eigenvalue weighted by Crippen LogP contribution is -2.23. The number of ether oxygens (including phenoxy) is 1. The molecule has 5 nitrogen and oxygen atoms in total. The smallest absolute Gasteiger partial charge is 0.345 e. The Hall–Kier alpha value is -2.74. The van der Waals surface area contributed by atoms with Crippen molar-refractivity contribution < 1.29 is 9.53 Å². The number of aryl methyl sites for hydroxylation is 1. The molecule has 0 fully saturated rings. The first-order valence-electron chi connectivity index (χ1n) is 8.85. The zero-order chi connectivity index (χ0) is 21.5. The van der Waals surface area contributed by atoms with Gasteiger partial charge >= 0.3 is 5.97 Å². The summed E-state index contributed by atoms with van der Waals surface area (Å²) in [5.74, 6) is -0.214. The summed E-state index contributed by atoms with van der Waals surface area (Å²) in [6.07, 6.45) is 1.52. The molecule has 0 unspecified atom stereocenters. The van der Waals surface area contributed by atoms with Gasteiger partial charge in [-0.2, -0.15) is 5.10 Å². The van der Waals surface area contributed by atoms with E-state index in [0.29, 0.717) is 21.4 Å². The molecule has 0 heterocycles. The molecule has 152 valence electrons. The van der Waals surface area contributed by atoms with Crippen LogP contribution in [0, 0.1) is 6.92 Å². The number of carbonyl (C=O) groups excluding carboxylic acids is 1. The van der Waals surface area contributed by atoms with Gasteiger partial charge < -0.3 is 10.1 Å². The predicted octanol–water partition coefficient (Wildman–Crippen LogP) is 5.95. The van der Waals surface area contributed by atoms with Gasteiger partial charge in [-0.15, -0.1) is 0 Å². The van der Waals surface area contributed by atoms with Crippen LogP contribution in [0.4, 0.5) is 5.69 Å². The Kier molecular flexibility index (Phi) is 7.57. The van der Waals surface area contributed by atoms with Crippen LogP contribution in [0.15, 0.2) is 76.3 Å². The van der Waals surface area contributed by atoms with Crippen molar-refractivity contribution >= 4 is 62.7 Å². The van der Waals surface area contributed by atoms with Crippen LogP contribution in [0.2, 0.25) is 5.02 Å². The SMILES string of the molecule is Cc1cccc(NC(=S)NN=Cc2cc(Br)ccc2OC(=O)c2ccccc2Cl)c1. The maximum absolute atomic E-state index is 12.5. The maximum atomic E-state index is 12.5. The van der Waals surface area contributed by atoms with E-state index in [1.165, 1.54) is 6.21 Å². The largest absolute Gasteiger partial charge is 0.422 e. The van der Waals surface area contributed by atoms with Crippen molar-refractivity contribution in [2.75, 3.05) is 5.32 Å². The fourth-order valence-corrected chi connectivity index (χ4v) is 3.30. The summed E-state index contributed by atoms with van der Waals surface area (Å²) in [4.78, 5) is 12.5. The Morgan fingerprint density at radius 3 is 2.70 bits per heavy atom. The van der Waals surface area contributed by atoms with Crippen molar-refractivity contribution in [2.45, 2.75) is 6.92 Å². The number of anilines is 1. The number of hydrogen-bond acceptors (Lipinski definition) is 4. The predicted molar refractivity (Wildman–Crippen MR) is 129 cm³/mol. The molecule has 30 heavy (non-hydrogen) atoms. The van der Waals surface area contributed by atoms with Gasteiger partial charge in [-0.1, -0.05) is 51.8 Å². The molecule has 3 aromatic carbocycles. The molecule has 8 heteroatoms. The highest BCUT2D eigenvalue weighted by atomic mass is 79.9. The van der Waals surface area contributed by atoms with E-state index in [2.05, 4.69) is 31.8 Å². The van der Waals surface area contributed by atoms with Crippen LogP contribution in [-0.4, -0.2) is 17.3 Å². The normalized spacial score (nSPS) is 10.6. The molecule has 0 saturated carbocycles. The van der Waals surface area contributed by atoms with Gasteiger partial charge in [0, 0.05) is 15.7 Å². The maximum Gasteiger partial charge on any atom is 0.345 e. The molecule has 0 saturated heterocycles. The van der Waals surface area contributed by atoms with E-state index >= 15 is 0 Å². The highest BCUT2D eigenvalue weighted by molar-refractivity contribution is 9.10. The Morgan fingerprint density at radius 2 is 1.93 bits per heavy atom. The molecule has 0 aromatic heterocycles. The number of nitrogens with zero attached hydrogens (tertiary/aromatic N) is 1. The van der Waals surface area contributed by atoms with Gasteiger partial charge in [-0.3, -0.25) is 5.43 Å². The molecule has 0 aliphatic rings. The molecular formula is C22H17BrClN3O2S. The van der Waals surface area contributed by atoms with Crippen molar-refractivity contribution in [3.05, 3.63) is 92.9 Å². The Bertz CT molecular complexity index is 1120. The second-order valence-electron chi connectivity index (χ2n) is 6.25. The number of hydrazone groups is 1. The monoisotopic (exact) mass is 501 g/mol. The van der Waals surface area contributed by atoms with Crippen molar-refractivity contribution in [3.63, 3.8) is 0 Å². The van der Waals surface area contributed by atoms with Crippen molar-refractivity contribution in [1.29, 1.82) is 0 Å². The molecule has 0 aliphatic carbocycles. The van der Waals surface area contributed by atoms with Crippen LogP contribution in [0.3, 0.4) is 0 Å². The third kappa shape index (κ3) is 6.13. The molecule has 2 N–H and O–H groups in total. The summed E-state index contributed by atoms with van der Waals surface area (Å²) in [5.41, 5.74) is 5.59. The quantitative estimate of drug-likeness (QED) is 0.148. The minimum Gasteiger partial charge on any atom is -0.422 e. The Morgan fingerprint density at radius 1 is 1.13 bits per heavy atom. The van der Waals surface area contributed by atoms with Gasteiger partial charge in [0.15, 0.2) is 5.11 Å². The third-order valence-corrected chi connectivity index (χ3v) is 4.93. The van der Waals surface area contributed by atoms with Crippen LogP contribution >= 0.6 is 39.7 Å². The Labute approximate surface area is 193 Å². The fourth-order valence-electron chi connectivity index (χ4n) is 2.54. The fraction of sp³-hybridized carbons (Fsp3) is 0.0455. The van der Waals surface area contributed by atoms with Crippen LogP contribution in [0.5, 0.6) is 5.75 Å².